The Morgan fingerprint density at radius 1 is 1.11 bits per heavy atom. The third-order valence-corrected chi connectivity index (χ3v) is 3.53. The molecule has 1 aliphatic heterocycles. The molecule has 1 aromatic carbocycles. The molecular weight excluding hydrogens is 229 g/mol. The first-order valence-corrected chi connectivity index (χ1v) is 6.74. The number of carbonyl (C=O) groups excluding carboxylic acids is 1. The lowest BCUT2D eigenvalue weighted by molar-refractivity contribution is 0.101. The molecule has 1 aliphatic rings. The maximum atomic E-state index is 13.2. The number of benzene rings is 1. The van der Waals surface area contributed by atoms with E-state index in [-0.39, 0.29) is 11.6 Å². The van der Waals surface area contributed by atoms with Gasteiger partial charge in [0.15, 0.2) is 5.78 Å². The highest BCUT2D eigenvalue weighted by atomic mass is 19.1. The fraction of sp³-hybridized carbons (Fsp3) is 0.533. The van der Waals surface area contributed by atoms with Crippen LogP contribution >= 0.6 is 0 Å². The lowest BCUT2D eigenvalue weighted by atomic mass is 10.0. The van der Waals surface area contributed by atoms with E-state index in [0.717, 1.165) is 31.6 Å². The average Bonchev–Trinajstić information content (AvgIpc) is 2.29. The van der Waals surface area contributed by atoms with E-state index < -0.39 is 0 Å². The van der Waals surface area contributed by atoms with Gasteiger partial charge < -0.3 is 4.90 Å². The Morgan fingerprint density at radius 3 is 2.33 bits per heavy atom. The van der Waals surface area contributed by atoms with Crippen LogP contribution < -0.4 is 4.90 Å². The molecule has 98 valence electrons. The normalized spacial score (nSPS) is 17.1. The van der Waals surface area contributed by atoms with E-state index in [4.69, 9.17) is 0 Å². The summed E-state index contributed by atoms with van der Waals surface area (Å²) in [6.45, 7) is 3.43. The van der Waals surface area contributed by atoms with Crippen LogP contribution in [-0.4, -0.2) is 18.9 Å². The van der Waals surface area contributed by atoms with Crippen LogP contribution in [0.5, 0.6) is 0 Å². The van der Waals surface area contributed by atoms with E-state index in [0.29, 0.717) is 5.56 Å². The number of anilines is 1. The van der Waals surface area contributed by atoms with E-state index in [9.17, 15) is 9.18 Å². The molecule has 2 rings (SSSR count). The zero-order chi connectivity index (χ0) is 13.0. The Kier molecular flexibility index (Phi) is 4.34. The minimum Gasteiger partial charge on any atom is -0.371 e. The average molecular weight is 249 g/mol. The molecule has 0 N–H and O–H groups in total. The highest BCUT2D eigenvalue weighted by Gasteiger charge is 2.15. The predicted octanol–water partition coefficient (Wildman–Crippen LogP) is 3.80. The first-order valence-electron chi connectivity index (χ1n) is 6.74. The van der Waals surface area contributed by atoms with Crippen LogP contribution in [0.4, 0.5) is 10.1 Å². The Morgan fingerprint density at radius 2 is 1.72 bits per heavy atom. The first kappa shape index (κ1) is 13.1. The third-order valence-electron chi connectivity index (χ3n) is 3.53. The predicted molar refractivity (Wildman–Crippen MR) is 71.7 cm³/mol. The van der Waals surface area contributed by atoms with Crippen LogP contribution in [0, 0.1) is 5.82 Å². The standard InChI is InChI=1S/C15H20FNO/c1-12(18)14-11-13(16)7-8-15(14)17-9-5-3-2-4-6-10-17/h7-8,11H,2-6,9-10H2,1H3. The molecule has 0 saturated carbocycles. The van der Waals surface area contributed by atoms with Crippen LogP contribution in [0.1, 0.15) is 49.4 Å². The number of hydrogen-bond acceptors (Lipinski definition) is 2. The van der Waals surface area contributed by atoms with Crippen molar-refractivity contribution in [1.82, 2.24) is 0 Å². The van der Waals surface area contributed by atoms with Crippen LogP contribution in [0.2, 0.25) is 0 Å². The second-order valence-electron chi connectivity index (χ2n) is 4.97. The molecule has 1 heterocycles. The van der Waals surface area contributed by atoms with E-state index in [2.05, 4.69) is 4.90 Å². The smallest absolute Gasteiger partial charge is 0.161 e. The van der Waals surface area contributed by atoms with Crippen molar-refractivity contribution in [2.24, 2.45) is 0 Å². The molecule has 0 spiro atoms. The first-order chi connectivity index (χ1) is 8.68. The molecule has 1 fully saturated rings. The fourth-order valence-corrected chi connectivity index (χ4v) is 2.55. The van der Waals surface area contributed by atoms with Crippen molar-refractivity contribution in [2.75, 3.05) is 18.0 Å². The minimum absolute atomic E-state index is 0.0634. The number of nitrogens with zero attached hydrogens (tertiary/aromatic N) is 1. The van der Waals surface area contributed by atoms with Crippen molar-refractivity contribution in [3.8, 4) is 0 Å². The molecule has 18 heavy (non-hydrogen) atoms. The van der Waals surface area contributed by atoms with E-state index in [1.54, 1.807) is 6.07 Å². The van der Waals surface area contributed by atoms with Gasteiger partial charge in [-0.25, -0.2) is 4.39 Å². The zero-order valence-electron chi connectivity index (χ0n) is 10.9. The summed E-state index contributed by atoms with van der Waals surface area (Å²) in [5.74, 6) is -0.400. The second-order valence-corrected chi connectivity index (χ2v) is 4.97. The SMILES string of the molecule is CC(=O)c1cc(F)ccc1N1CCCCCCC1. The largest absolute Gasteiger partial charge is 0.371 e. The van der Waals surface area contributed by atoms with Gasteiger partial charge >= 0.3 is 0 Å². The molecule has 0 unspecified atom stereocenters. The van der Waals surface area contributed by atoms with Gasteiger partial charge in [-0.1, -0.05) is 19.3 Å². The van der Waals surface area contributed by atoms with Gasteiger partial charge in [-0.2, -0.15) is 0 Å². The Labute approximate surface area is 108 Å². The van der Waals surface area contributed by atoms with Gasteiger partial charge in [0.2, 0.25) is 0 Å². The van der Waals surface area contributed by atoms with Gasteiger partial charge in [0.25, 0.3) is 0 Å². The molecule has 3 heteroatoms. The molecule has 0 atom stereocenters. The van der Waals surface area contributed by atoms with Gasteiger partial charge in [0.1, 0.15) is 5.82 Å². The van der Waals surface area contributed by atoms with Crippen molar-refractivity contribution in [3.63, 3.8) is 0 Å². The summed E-state index contributed by atoms with van der Waals surface area (Å²) < 4.78 is 13.2. The second kappa shape index (κ2) is 5.98. The van der Waals surface area contributed by atoms with Gasteiger partial charge in [0.05, 0.1) is 0 Å². The Bertz CT molecular complexity index is 423. The van der Waals surface area contributed by atoms with Gasteiger partial charge in [0, 0.05) is 24.3 Å². The molecule has 1 saturated heterocycles. The number of ketones is 1. The van der Waals surface area contributed by atoms with Crippen LogP contribution in [0.3, 0.4) is 0 Å². The maximum Gasteiger partial charge on any atom is 0.161 e. The van der Waals surface area contributed by atoms with Crippen molar-refractivity contribution in [1.29, 1.82) is 0 Å². The number of halogens is 1. The van der Waals surface area contributed by atoms with Crippen LogP contribution in [0.25, 0.3) is 0 Å². The molecule has 0 bridgehead atoms. The molecule has 0 aliphatic carbocycles. The summed E-state index contributed by atoms with van der Waals surface area (Å²) in [5, 5.41) is 0. The van der Waals surface area contributed by atoms with Gasteiger partial charge in [-0.15, -0.1) is 0 Å². The lowest BCUT2D eigenvalue weighted by Gasteiger charge is -2.28. The number of hydrogen-bond donors (Lipinski definition) is 0. The number of carbonyl (C=O) groups is 1. The Hall–Kier alpha value is -1.38. The Balaban J connectivity index is 2.27. The molecule has 0 radical (unpaired) electrons. The molecule has 1 aromatic rings. The summed E-state index contributed by atoms with van der Waals surface area (Å²) in [7, 11) is 0. The van der Waals surface area contributed by atoms with Crippen LogP contribution in [0.15, 0.2) is 18.2 Å². The van der Waals surface area contributed by atoms with Crippen molar-refractivity contribution < 1.29 is 9.18 Å². The monoisotopic (exact) mass is 249 g/mol. The highest BCUT2D eigenvalue weighted by Crippen LogP contribution is 2.24. The van der Waals surface area contributed by atoms with Crippen molar-refractivity contribution >= 4 is 11.5 Å². The van der Waals surface area contributed by atoms with E-state index >= 15 is 0 Å². The molecule has 2 nitrogen and oxygen atoms in total. The van der Waals surface area contributed by atoms with E-state index in [1.165, 1.54) is 38.3 Å². The highest BCUT2D eigenvalue weighted by molar-refractivity contribution is 5.99. The number of Topliss-reactive ketones (excluding diaryl/α,β-unsaturated/α-hetero) is 1. The zero-order valence-corrected chi connectivity index (χ0v) is 10.9. The van der Waals surface area contributed by atoms with Crippen LogP contribution in [-0.2, 0) is 0 Å². The van der Waals surface area contributed by atoms with Crippen molar-refractivity contribution in [3.05, 3.63) is 29.6 Å². The lowest BCUT2D eigenvalue weighted by Crippen LogP contribution is -2.28. The summed E-state index contributed by atoms with van der Waals surface area (Å²) in [6.07, 6.45) is 6.08. The molecule has 0 amide bonds. The number of rotatable bonds is 2. The van der Waals surface area contributed by atoms with Crippen molar-refractivity contribution in [2.45, 2.75) is 39.0 Å². The quantitative estimate of drug-likeness (QED) is 0.743. The van der Waals surface area contributed by atoms with Gasteiger partial charge in [-0.3, -0.25) is 4.79 Å². The van der Waals surface area contributed by atoms with Gasteiger partial charge in [-0.05, 0) is 38.0 Å². The summed E-state index contributed by atoms with van der Waals surface area (Å²) >= 11 is 0. The minimum atomic E-state index is -0.337. The fourth-order valence-electron chi connectivity index (χ4n) is 2.55. The molecular formula is C15H20FNO. The van der Waals surface area contributed by atoms with E-state index in [1.807, 2.05) is 0 Å². The summed E-state index contributed by atoms with van der Waals surface area (Å²) in [6, 6.07) is 4.55. The summed E-state index contributed by atoms with van der Waals surface area (Å²) in [5.41, 5.74) is 1.40. The molecule has 0 aromatic heterocycles. The topological polar surface area (TPSA) is 20.3 Å². The summed E-state index contributed by atoms with van der Waals surface area (Å²) in [4.78, 5) is 13.9. The maximum absolute atomic E-state index is 13.2. The third kappa shape index (κ3) is 3.09.